The number of carbonyl (C=O) groups excluding carboxylic acids is 2. The largest absolute Gasteiger partial charge is 0.465 e. The third-order valence-corrected chi connectivity index (χ3v) is 5.01. The molecule has 3 aromatic rings. The fraction of sp³-hybridized carbons (Fsp3) is 0.190. The van der Waals surface area contributed by atoms with E-state index < -0.39 is 6.09 Å². The Hall–Kier alpha value is -3.90. The Bertz CT molecular complexity index is 1130. The third kappa shape index (κ3) is 3.61. The molecular weight excluding hydrogens is 372 g/mol. The molecule has 8 nitrogen and oxygen atoms in total. The molecule has 1 unspecified atom stereocenters. The van der Waals surface area contributed by atoms with Crippen molar-refractivity contribution in [2.24, 2.45) is 5.92 Å². The van der Waals surface area contributed by atoms with E-state index in [1.54, 1.807) is 29.0 Å². The van der Waals surface area contributed by atoms with Crippen LogP contribution in [0.15, 0.2) is 54.7 Å². The Morgan fingerprint density at radius 2 is 2.00 bits per heavy atom. The second kappa shape index (κ2) is 7.61. The lowest BCUT2D eigenvalue weighted by molar-refractivity contribution is 0.0926. The van der Waals surface area contributed by atoms with Crippen LogP contribution in [-0.2, 0) is 4.79 Å². The molecule has 1 aliphatic rings. The van der Waals surface area contributed by atoms with Crippen molar-refractivity contribution in [3.63, 3.8) is 0 Å². The summed E-state index contributed by atoms with van der Waals surface area (Å²) in [6.07, 6.45) is 0.805. The molecule has 4 rings (SSSR count). The van der Waals surface area contributed by atoms with Gasteiger partial charge in [0.1, 0.15) is 11.8 Å². The van der Waals surface area contributed by atoms with Crippen molar-refractivity contribution in [3.8, 4) is 5.69 Å². The number of benzene rings is 2. The van der Waals surface area contributed by atoms with Crippen LogP contribution in [-0.4, -0.2) is 50.7 Å². The lowest BCUT2D eigenvalue weighted by Gasteiger charge is -2.10. The van der Waals surface area contributed by atoms with Crippen molar-refractivity contribution in [2.45, 2.75) is 6.42 Å². The molecule has 1 aromatic heterocycles. The molecule has 0 radical (unpaired) electrons. The number of Topliss-reactive ketones (excluding diaryl/α,β-unsaturated/α-hetero) is 1. The van der Waals surface area contributed by atoms with E-state index >= 15 is 0 Å². The van der Waals surface area contributed by atoms with E-state index in [1.165, 1.54) is 10.9 Å². The van der Waals surface area contributed by atoms with Gasteiger partial charge in [-0.15, -0.1) is 0 Å². The van der Waals surface area contributed by atoms with Crippen LogP contribution in [0.4, 0.5) is 10.6 Å². The number of para-hydroxylation sites is 1. The highest BCUT2D eigenvalue weighted by Gasteiger charge is 2.28. The lowest BCUT2D eigenvalue weighted by atomic mass is 9.96. The van der Waals surface area contributed by atoms with Gasteiger partial charge in [0.25, 0.3) is 0 Å². The first-order valence-electron chi connectivity index (χ1n) is 9.14. The summed E-state index contributed by atoms with van der Waals surface area (Å²) >= 11 is 0. The van der Waals surface area contributed by atoms with Gasteiger partial charge in [0, 0.05) is 30.0 Å². The Morgan fingerprint density at radius 3 is 2.72 bits per heavy atom. The number of rotatable bonds is 5. The van der Waals surface area contributed by atoms with Crippen LogP contribution >= 0.6 is 0 Å². The van der Waals surface area contributed by atoms with Crippen molar-refractivity contribution in [1.29, 1.82) is 0 Å². The van der Waals surface area contributed by atoms with Gasteiger partial charge in [0.2, 0.25) is 0 Å². The summed E-state index contributed by atoms with van der Waals surface area (Å²) < 4.78 is 1.51. The Labute approximate surface area is 166 Å². The van der Waals surface area contributed by atoms with Gasteiger partial charge >= 0.3 is 6.09 Å². The standard InChI is InChI=1S/C21H18N4O4/c26-11-10-24-9-8-15(13-24)19(27)14-6-7-17-18(12-14)23-25(20(17)22-21(28)29)16-4-2-1-3-5-16/h1-7,10,12,15,22H,8-9,13H2,(H,28,29). The first-order valence-corrected chi connectivity index (χ1v) is 9.14. The normalized spacial score (nSPS) is 15.9. The number of likely N-dealkylation sites (tertiary alicyclic amines) is 1. The fourth-order valence-corrected chi connectivity index (χ4v) is 3.65. The molecule has 0 aliphatic carbocycles. The average molecular weight is 390 g/mol. The predicted octanol–water partition coefficient (Wildman–Crippen LogP) is 2.97. The highest BCUT2D eigenvalue weighted by molar-refractivity contribution is 6.04. The molecule has 2 aromatic carbocycles. The minimum Gasteiger partial charge on any atom is -0.465 e. The lowest BCUT2D eigenvalue weighted by Crippen LogP contribution is -2.19. The second-order valence-corrected chi connectivity index (χ2v) is 6.85. The molecule has 2 heterocycles. The Kier molecular flexibility index (Phi) is 4.85. The van der Waals surface area contributed by atoms with Gasteiger partial charge in [-0.05, 0) is 30.7 Å². The maximum atomic E-state index is 12.9. The van der Waals surface area contributed by atoms with Crippen LogP contribution in [0.25, 0.3) is 16.6 Å². The monoisotopic (exact) mass is 390 g/mol. The Morgan fingerprint density at radius 1 is 1.21 bits per heavy atom. The first kappa shape index (κ1) is 18.5. The molecule has 2 N–H and O–H groups in total. The van der Waals surface area contributed by atoms with Crippen molar-refractivity contribution >= 4 is 34.5 Å². The first-order chi connectivity index (χ1) is 14.1. The molecular formula is C21H18N4O4. The van der Waals surface area contributed by atoms with E-state index in [2.05, 4.69) is 10.4 Å². The molecule has 1 amide bonds. The molecule has 1 aliphatic heterocycles. The van der Waals surface area contributed by atoms with Gasteiger partial charge < -0.3 is 10.0 Å². The number of fused-ring (bicyclic) bond motifs is 1. The van der Waals surface area contributed by atoms with Gasteiger partial charge in [-0.1, -0.05) is 24.3 Å². The van der Waals surface area contributed by atoms with E-state index in [0.29, 0.717) is 47.5 Å². The van der Waals surface area contributed by atoms with Crippen molar-refractivity contribution in [1.82, 2.24) is 14.7 Å². The zero-order chi connectivity index (χ0) is 20.4. The third-order valence-electron chi connectivity index (χ3n) is 5.01. The number of carboxylic acid groups (broad SMARTS) is 1. The summed E-state index contributed by atoms with van der Waals surface area (Å²) in [6, 6.07) is 14.2. The Balaban J connectivity index is 1.72. The predicted molar refractivity (Wildman–Crippen MR) is 107 cm³/mol. The smallest absolute Gasteiger partial charge is 0.410 e. The molecule has 1 saturated heterocycles. The highest BCUT2D eigenvalue weighted by atomic mass is 16.4. The summed E-state index contributed by atoms with van der Waals surface area (Å²) in [6.45, 7) is 1.12. The van der Waals surface area contributed by atoms with Gasteiger partial charge in [-0.2, -0.15) is 5.10 Å². The van der Waals surface area contributed by atoms with Crippen LogP contribution in [0.2, 0.25) is 0 Å². The van der Waals surface area contributed by atoms with E-state index in [4.69, 9.17) is 0 Å². The van der Waals surface area contributed by atoms with Crippen LogP contribution in [0.1, 0.15) is 16.8 Å². The maximum absolute atomic E-state index is 12.9. The van der Waals surface area contributed by atoms with Crippen LogP contribution in [0.3, 0.4) is 0 Å². The molecule has 0 bridgehead atoms. The molecule has 1 fully saturated rings. The fourth-order valence-electron chi connectivity index (χ4n) is 3.65. The summed E-state index contributed by atoms with van der Waals surface area (Å²) in [5.41, 5.74) is 1.73. The summed E-state index contributed by atoms with van der Waals surface area (Å²) in [5.74, 6) is 1.84. The number of carbonyl (C=O) groups is 2. The number of nitrogens with one attached hydrogen (secondary N) is 1. The molecule has 1 atom stereocenters. The average Bonchev–Trinajstić information content (AvgIpc) is 3.33. The SMILES string of the molecule is O=C=CN1CCC(C(=O)c2ccc3c(NC(=O)O)n(-c4ccccc4)nc3c2)C1. The van der Waals surface area contributed by atoms with Gasteiger partial charge in [-0.25, -0.2) is 14.3 Å². The second-order valence-electron chi connectivity index (χ2n) is 6.85. The van der Waals surface area contributed by atoms with Crippen LogP contribution < -0.4 is 5.32 Å². The van der Waals surface area contributed by atoms with E-state index in [0.717, 1.165) is 0 Å². The summed E-state index contributed by atoms with van der Waals surface area (Å²) in [7, 11) is 0. The zero-order valence-electron chi connectivity index (χ0n) is 15.4. The minimum absolute atomic E-state index is 0.0179. The van der Waals surface area contributed by atoms with E-state index in [9.17, 15) is 19.5 Å². The number of hydrogen-bond acceptors (Lipinski definition) is 5. The topological polar surface area (TPSA) is 105 Å². The minimum atomic E-state index is -1.20. The molecule has 146 valence electrons. The quantitative estimate of drug-likeness (QED) is 0.513. The number of nitrogens with zero attached hydrogens (tertiary/aromatic N) is 3. The van der Waals surface area contributed by atoms with Crippen LogP contribution in [0.5, 0.6) is 0 Å². The molecule has 29 heavy (non-hydrogen) atoms. The number of ketones is 1. The molecule has 8 heteroatoms. The number of amides is 1. The van der Waals surface area contributed by atoms with Crippen LogP contribution in [0, 0.1) is 5.92 Å². The van der Waals surface area contributed by atoms with Gasteiger partial charge in [0.05, 0.1) is 17.4 Å². The number of hydrogen-bond donors (Lipinski definition) is 2. The van der Waals surface area contributed by atoms with Crippen molar-refractivity contribution < 1.29 is 19.5 Å². The van der Waals surface area contributed by atoms with Crippen molar-refractivity contribution in [2.75, 3.05) is 18.4 Å². The van der Waals surface area contributed by atoms with Gasteiger partial charge in [-0.3, -0.25) is 10.1 Å². The number of aromatic nitrogens is 2. The molecule has 0 saturated carbocycles. The maximum Gasteiger partial charge on any atom is 0.410 e. The highest BCUT2D eigenvalue weighted by Crippen LogP contribution is 2.29. The van der Waals surface area contributed by atoms with E-state index in [1.807, 2.05) is 30.3 Å². The number of anilines is 1. The van der Waals surface area contributed by atoms with Gasteiger partial charge in [0.15, 0.2) is 5.78 Å². The van der Waals surface area contributed by atoms with E-state index in [-0.39, 0.29) is 11.7 Å². The zero-order valence-corrected chi connectivity index (χ0v) is 15.4. The molecule has 0 spiro atoms. The van der Waals surface area contributed by atoms with Crippen molar-refractivity contribution in [3.05, 3.63) is 60.3 Å². The summed E-state index contributed by atoms with van der Waals surface area (Å²) in [5, 5.41) is 16.8. The summed E-state index contributed by atoms with van der Waals surface area (Å²) in [4.78, 5) is 36.5.